The second-order valence-corrected chi connectivity index (χ2v) is 5.38. The van der Waals surface area contributed by atoms with Crippen LogP contribution in [0.2, 0.25) is 0 Å². The van der Waals surface area contributed by atoms with Gasteiger partial charge in [-0.25, -0.2) is 0 Å². The van der Waals surface area contributed by atoms with E-state index >= 15 is 0 Å². The smallest absolute Gasteiger partial charge is 0.167 e. The average molecular weight is 301 g/mol. The predicted octanol–water partition coefficient (Wildman–Crippen LogP) is 3.94. The summed E-state index contributed by atoms with van der Waals surface area (Å²) in [7, 11) is 0. The molecule has 0 aliphatic rings. The summed E-state index contributed by atoms with van der Waals surface area (Å²) in [6.45, 7) is 0. The number of nitrogens with two attached hydrogens (primary N) is 1. The number of hydrogen-bond acceptors (Lipinski definition) is 4. The molecule has 0 aliphatic carbocycles. The minimum absolute atomic E-state index is 0.403. The van der Waals surface area contributed by atoms with Crippen molar-refractivity contribution in [3.05, 3.63) is 84.3 Å². The SMILES string of the molecule is NC(c1ccccn1)c1noc2cc(-c3ccccc3)ccc12. The second-order valence-electron chi connectivity index (χ2n) is 5.38. The van der Waals surface area contributed by atoms with Crippen LogP contribution in [0.3, 0.4) is 0 Å². The molecule has 2 N–H and O–H groups in total. The van der Waals surface area contributed by atoms with E-state index in [2.05, 4.69) is 28.3 Å². The van der Waals surface area contributed by atoms with Crippen molar-refractivity contribution in [3.8, 4) is 11.1 Å². The zero-order valence-electron chi connectivity index (χ0n) is 12.4. The van der Waals surface area contributed by atoms with Gasteiger partial charge in [-0.15, -0.1) is 0 Å². The molecule has 4 rings (SSSR count). The van der Waals surface area contributed by atoms with Gasteiger partial charge in [0.05, 0.1) is 11.7 Å². The number of nitrogens with zero attached hydrogens (tertiary/aromatic N) is 2. The molecule has 2 aromatic heterocycles. The van der Waals surface area contributed by atoms with E-state index in [1.54, 1.807) is 6.20 Å². The summed E-state index contributed by atoms with van der Waals surface area (Å²) in [5.41, 5.74) is 10.7. The van der Waals surface area contributed by atoms with Gasteiger partial charge in [0.15, 0.2) is 5.58 Å². The minimum atomic E-state index is -0.403. The van der Waals surface area contributed by atoms with Crippen LogP contribution < -0.4 is 5.73 Å². The first-order valence-corrected chi connectivity index (χ1v) is 7.44. The summed E-state index contributed by atoms with van der Waals surface area (Å²) >= 11 is 0. The molecule has 23 heavy (non-hydrogen) atoms. The molecular weight excluding hydrogens is 286 g/mol. The van der Waals surface area contributed by atoms with Crippen LogP contribution in [0.1, 0.15) is 17.4 Å². The largest absolute Gasteiger partial charge is 0.356 e. The van der Waals surface area contributed by atoms with Crippen molar-refractivity contribution >= 4 is 11.0 Å². The summed E-state index contributed by atoms with van der Waals surface area (Å²) in [4.78, 5) is 4.30. The van der Waals surface area contributed by atoms with Gasteiger partial charge in [0.2, 0.25) is 0 Å². The normalized spacial score (nSPS) is 12.4. The van der Waals surface area contributed by atoms with Crippen LogP contribution >= 0.6 is 0 Å². The third-order valence-corrected chi connectivity index (χ3v) is 3.91. The maximum absolute atomic E-state index is 6.29. The zero-order chi connectivity index (χ0) is 15.6. The summed E-state index contributed by atoms with van der Waals surface area (Å²) < 4.78 is 5.50. The monoisotopic (exact) mass is 301 g/mol. The highest BCUT2D eigenvalue weighted by Crippen LogP contribution is 2.29. The molecule has 4 aromatic rings. The van der Waals surface area contributed by atoms with Crippen LogP contribution in [0, 0.1) is 0 Å². The van der Waals surface area contributed by atoms with E-state index in [0.717, 1.165) is 27.8 Å². The van der Waals surface area contributed by atoms with Crippen LogP contribution in [0.15, 0.2) is 77.4 Å². The molecule has 0 saturated carbocycles. The second kappa shape index (κ2) is 5.66. The van der Waals surface area contributed by atoms with Gasteiger partial charge in [0.25, 0.3) is 0 Å². The van der Waals surface area contributed by atoms with Crippen molar-refractivity contribution in [2.75, 3.05) is 0 Å². The topological polar surface area (TPSA) is 64.9 Å². The van der Waals surface area contributed by atoms with Crippen molar-refractivity contribution in [2.45, 2.75) is 6.04 Å². The minimum Gasteiger partial charge on any atom is -0.356 e. The quantitative estimate of drug-likeness (QED) is 0.622. The third-order valence-electron chi connectivity index (χ3n) is 3.91. The first-order valence-electron chi connectivity index (χ1n) is 7.44. The number of hydrogen-bond donors (Lipinski definition) is 1. The number of pyridine rings is 1. The van der Waals surface area contributed by atoms with Crippen LogP contribution in [0.25, 0.3) is 22.1 Å². The summed E-state index contributed by atoms with van der Waals surface area (Å²) in [6, 6.07) is 21.5. The molecule has 1 unspecified atom stereocenters. The van der Waals surface area contributed by atoms with Gasteiger partial charge in [-0.2, -0.15) is 0 Å². The number of benzene rings is 2. The van der Waals surface area contributed by atoms with Gasteiger partial charge in [0, 0.05) is 11.6 Å². The van der Waals surface area contributed by atoms with E-state index in [-0.39, 0.29) is 0 Å². The van der Waals surface area contributed by atoms with E-state index in [1.807, 2.05) is 48.5 Å². The Labute approximate surface area is 133 Å². The Hall–Kier alpha value is -2.98. The average Bonchev–Trinajstić information content (AvgIpc) is 3.05. The first kappa shape index (κ1) is 13.7. The summed E-state index contributed by atoms with van der Waals surface area (Å²) in [5, 5.41) is 5.09. The van der Waals surface area contributed by atoms with E-state index in [0.29, 0.717) is 5.69 Å². The van der Waals surface area contributed by atoms with Crippen molar-refractivity contribution in [3.63, 3.8) is 0 Å². The molecule has 4 heteroatoms. The lowest BCUT2D eigenvalue weighted by Crippen LogP contribution is -2.13. The Kier molecular flexibility index (Phi) is 3.37. The molecule has 112 valence electrons. The van der Waals surface area contributed by atoms with Gasteiger partial charge in [0.1, 0.15) is 5.69 Å². The highest BCUT2D eigenvalue weighted by Gasteiger charge is 2.18. The first-order chi connectivity index (χ1) is 11.3. The molecule has 0 fully saturated rings. The van der Waals surface area contributed by atoms with Gasteiger partial charge in [-0.1, -0.05) is 47.6 Å². The lowest BCUT2D eigenvalue weighted by atomic mass is 10.0. The van der Waals surface area contributed by atoms with Crippen LogP contribution in [0.4, 0.5) is 0 Å². The molecular formula is C19H15N3O. The van der Waals surface area contributed by atoms with Crippen molar-refractivity contribution in [1.29, 1.82) is 0 Å². The molecule has 0 amide bonds. The van der Waals surface area contributed by atoms with Crippen LogP contribution in [-0.4, -0.2) is 10.1 Å². The third kappa shape index (κ3) is 2.49. The lowest BCUT2D eigenvalue weighted by Gasteiger charge is -2.07. The fourth-order valence-corrected chi connectivity index (χ4v) is 2.69. The van der Waals surface area contributed by atoms with Gasteiger partial charge < -0.3 is 10.3 Å². The van der Waals surface area contributed by atoms with E-state index in [9.17, 15) is 0 Å². The number of aromatic nitrogens is 2. The highest BCUT2D eigenvalue weighted by molar-refractivity contribution is 5.85. The van der Waals surface area contributed by atoms with E-state index in [4.69, 9.17) is 10.3 Å². The summed E-state index contributed by atoms with van der Waals surface area (Å²) in [5.74, 6) is 0. The Balaban J connectivity index is 1.76. The van der Waals surface area contributed by atoms with Crippen molar-refractivity contribution < 1.29 is 4.52 Å². The fraction of sp³-hybridized carbons (Fsp3) is 0.0526. The maximum atomic E-state index is 6.29. The Morgan fingerprint density at radius 3 is 2.48 bits per heavy atom. The van der Waals surface area contributed by atoms with Gasteiger partial charge >= 0.3 is 0 Å². The Morgan fingerprint density at radius 1 is 0.870 bits per heavy atom. The molecule has 0 saturated heterocycles. The molecule has 0 bridgehead atoms. The van der Waals surface area contributed by atoms with Crippen LogP contribution in [0.5, 0.6) is 0 Å². The van der Waals surface area contributed by atoms with Crippen LogP contribution in [-0.2, 0) is 0 Å². The summed E-state index contributed by atoms with van der Waals surface area (Å²) in [6.07, 6.45) is 1.73. The molecule has 1 atom stereocenters. The molecule has 0 radical (unpaired) electrons. The van der Waals surface area contributed by atoms with Crippen molar-refractivity contribution in [2.24, 2.45) is 5.73 Å². The molecule has 0 spiro atoms. The van der Waals surface area contributed by atoms with Crippen molar-refractivity contribution in [1.82, 2.24) is 10.1 Å². The van der Waals surface area contributed by atoms with Gasteiger partial charge in [-0.05, 0) is 35.4 Å². The molecule has 2 aromatic carbocycles. The number of fused-ring (bicyclic) bond motifs is 1. The van der Waals surface area contributed by atoms with Gasteiger partial charge in [-0.3, -0.25) is 4.98 Å². The predicted molar refractivity (Wildman–Crippen MR) is 89.7 cm³/mol. The molecule has 4 nitrogen and oxygen atoms in total. The van der Waals surface area contributed by atoms with E-state index < -0.39 is 6.04 Å². The Morgan fingerprint density at radius 2 is 1.70 bits per heavy atom. The zero-order valence-corrected chi connectivity index (χ0v) is 12.4. The maximum Gasteiger partial charge on any atom is 0.167 e. The standard InChI is InChI=1S/C19H15N3O/c20-18(16-8-4-5-11-21-16)19-15-10-9-14(12-17(15)23-22-19)13-6-2-1-3-7-13/h1-12,18H,20H2. The Bertz CT molecular complexity index is 933. The highest BCUT2D eigenvalue weighted by atomic mass is 16.5. The molecule has 2 heterocycles. The fourth-order valence-electron chi connectivity index (χ4n) is 2.69. The van der Waals surface area contributed by atoms with E-state index in [1.165, 1.54) is 0 Å². The number of rotatable bonds is 3. The lowest BCUT2D eigenvalue weighted by molar-refractivity contribution is 0.441. The molecule has 0 aliphatic heterocycles.